The molecule has 1 aromatic carbocycles. The Balaban J connectivity index is 2.04. The molecule has 0 radical (unpaired) electrons. The average Bonchev–Trinajstić information content (AvgIpc) is 2.35. The highest BCUT2D eigenvalue weighted by Crippen LogP contribution is 2.19. The number of sulfone groups is 1. The van der Waals surface area contributed by atoms with E-state index in [1.165, 1.54) is 0 Å². The molecule has 1 N–H and O–H groups in total. The van der Waals surface area contributed by atoms with E-state index < -0.39 is 21.4 Å². The number of carbonyl (C=O) groups excluding carboxylic acids is 1. The lowest BCUT2D eigenvalue weighted by Gasteiger charge is -2.25. The molecule has 7 heteroatoms. The third kappa shape index (κ3) is 3.51. The second-order valence-corrected chi connectivity index (χ2v) is 6.82. The van der Waals surface area contributed by atoms with Crippen LogP contribution in [0.15, 0.2) is 18.2 Å². The minimum atomic E-state index is -2.99. The highest BCUT2D eigenvalue weighted by molar-refractivity contribution is 7.91. The topological polar surface area (TPSA) is 74.7 Å². The van der Waals surface area contributed by atoms with Gasteiger partial charge >= 0.3 is 0 Å². The highest BCUT2D eigenvalue weighted by Gasteiger charge is 2.24. The zero-order valence-corrected chi connectivity index (χ0v) is 11.0. The molecule has 0 saturated carbocycles. The number of hydrogen-bond donors (Lipinski definition) is 1. The van der Waals surface area contributed by atoms with Crippen LogP contribution in [0.1, 0.15) is 10.4 Å². The molecule has 1 aromatic rings. The fourth-order valence-corrected chi connectivity index (χ4v) is 3.21. The lowest BCUT2D eigenvalue weighted by molar-refractivity contribution is 0.0933. The normalized spacial score (nSPS) is 19.2. The number of phenols is 1. The second kappa shape index (κ2) is 5.26. The van der Waals surface area contributed by atoms with E-state index in [-0.39, 0.29) is 42.5 Å². The average molecular weight is 287 g/mol. The molecule has 1 aliphatic rings. The van der Waals surface area contributed by atoms with Gasteiger partial charge in [0.1, 0.15) is 11.6 Å². The van der Waals surface area contributed by atoms with E-state index in [4.69, 9.17) is 0 Å². The summed E-state index contributed by atoms with van der Waals surface area (Å²) in [7, 11) is -2.99. The standard InChI is InChI=1S/C12H14FNO4S/c13-9-1-2-11(15)10(7-9)12(16)8-14-3-5-19(17,18)6-4-14/h1-2,7,15H,3-6,8H2. The minimum absolute atomic E-state index is 0.0213. The van der Waals surface area contributed by atoms with Crippen LogP contribution in [0.2, 0.25) is 0 Å². The van der Waals surface area contributed by atoms with Gasteiger partial charge in [0.15, 0.2) is 15.6 Å². The van der Waals surface area contributed by atoms with Gasteiger partial charge in [-0.3, -0.25) is 9.69 Å². The summed E-state index contributed by atoms with van der Waals surface area (Å²) in [4.78, 5) is 13.6. The summed E-state index contributed by atoms with van der Waals surface area (Å²) in [5.74, 6) is -1.24. The van der Waals surface area contributed by atoms with E-state index in [0.717, 1.165) is 18.2 Å². The third-order valence-electron chi connectivity index (χ3n) is 3.06. The largest absolute Gasteiger partial charge is 0.507 e. The Hall–Kier alpha value is -1.47. The Morgan fingerprint density at radius 3 is 2.58 bits per heavy atom. The van der Waals surface area contributed by atoms with Crippen molar-refractivity contribution in [1.29, 1.82) is 0 Å². The maximum absolute atomic E-state index is 13.0. The van der Waals surface area contributed by atoms with Gasteiger partial charge in [-0.15, -0.1) is 0 Å². The molecule has 1 fully saturated rings. The van der Waals surface area contributed by atoms with Gasteiger partial charge in [0, 0.05) is 13.1 Å². The molecular formula is C12H14FNO4S. The molecule has 0 amide bonds. The van der Waals surface area contributed by atoms with Crippen LogP contribution in [-0.4, -0.2) is 55.3 Å². The summed E-state index contributed by atoms with van der Waals surface area (Å²) < 4.78 is 35.5. The first-order valence-corrected chi connectivity index (χ1v) is 7.64. The Morgan fingerprint density at radius 1 is 1.32 bits per heavy atom. The summed E-state index contributed by atoms with van der Waals surface area (Å²) >= 11 is 0. The second-order valence-electron chi connectivity index (χ2n) is 4.51. The number of rotatable bonds is 3. The van der Waals surface area contributed by atoms with Crippen LogP contribution in [0.4, 0.5) is 4.39 Å². The van der Waals surface area contributed by atoms with Crippen molar-refractivity contribution in [2.24, 2.45) is 0 Å². The monoisotopic (exact) mass is 287 g/mol. The van der Waals surface area contributed by atoms with E-state index in [0.29, 0.717) is 0 Å². The Morgan fingerprint density at radius 2 is 1.95 bits per heavy atom. The number of ketones is 1. The quantitative estimate of drug-likeness (QED) is 0.817. The number of hydrogen-bond acceptors (Lipinski definition) is 5. The van der Waals surface area contributed by atoms with Gasteiger partial charge < -0.3 is 5.11 Å². The van der Waals surface area contributed by atoms with Crippen molar-refractivity contribution in [3.8, 4) is 5.75 Å². The smallest absolute Gasteiger partial charge is 0.180 e. The van der Waals surface area contributed by atoms with Crippen LogP contribution >= 0.6 is 0 Å². The summed E-state index contributed by atoms with van der Waals surface area (Å²) in [5, 5.41) is 9.52. The van der Waals surface area contributed by atoms with Gasteiger partial charge in [0.05, 0.1) is 23.6 Å². The molecule has 1 heterocycles. The number of aromatic hydroxyl groups is 1. The van der Waals surface area contributed by atoms with E-state index in [1.54, 1.807) is 4.90 Å². The number of carbonyl (C=O) groups is 1. The molecule has 0 bridgehead atoms. The fraction of sp³-hybridized carbons (Fsp3) is 0.417. The van der Waals surface area contributed by atoms with Crippen molar-refractivity contribution in [3.05, 3.63) is 29.6 Å². The molecule has 0 spiro atoms. The van der Waals surface area contributed by atoms with Crippen molar-refractivity contribution in [2.75, 3.05) is 31.1 Å². The first-order valence-electron chi connectivity index (χ1n) is 5.82. The predicted molar refractivity (Wildman–Crippen MR) is 67.5 cm³/mol. The van der Waals surface area contributed by atoms with Gasteiger partial charge in [-0.25, -0.2) is 12.8 Å². The first-order chi connectivity index (χ1) is 8.87. The molecule has 0 atom stereocenters. The zero-order chi connectivity index (χ0) is 14.0. The highest BCUT2D eigenvalue weighted by atomic mass is 32.2. The van der Waals surface area contributed by atoms with Crippen molar-refractivity contribution in [2.45, 2.75) is 0 Å². The Kier molecular flexibility index (Phi) is 3.86. The predicted octanol–water partition coefficient (Wildman–Crippen LogP) is 0.444. The van der Waals surface area contributed by atoms with Gasteiger partial charge in [-0.1, -0.05) is 0 Å². The zero-order valence-electron chi connectivity index (χ0n) is 10.2. The first kappa shape index (κ1) is 14.0. The van der Waals surface area contributed by atoms with E-state index >= 15 is 0 Å². The number of phenolic OH excluding ortho intramolecular Hbond substituents is 1. The lowest BCUT2D eigenvalue weighted by atomic mass is 10.1. The summed E-state index contributed by atoms with van der Waals surface area (Å²) in [6.45, 7) is 0.542. The third-order valence-corrected chi connectivity index (χ3v) is 4.67. The lowest BCUT2D eigenvalue weighted by Crippen LogP contribution is -2.42. The molecule has 0 aromatic heterocycles. The van der Waals surface area contributed by atoms with Gasteiger partial charge in [0.25, 0.3) is 0 Å². The van der Waals surface area contributed by atoms with Crippen LogP contribution in [-0.2, 0) is 9.84 Å². The number of halogens is 1. The Bertz CT molecular complexity index is 586. The molecule has 19 heavy (non-hydrogen) atoms. The molecule has 2 rings (SSSR count). The van der Waals surface area contributed by atoms with E-state index in [2.05, 4.69) is 0 Å². The fourth-order valence-electron chi connectivity index (χ4n) is 1.93. The molecule has 0 aliphatic carbocycles. The molecule has 1 saturated heterocycles. The van der Waals surface area contributed by atoms with Crippen LogP contribution in [0.25, 0.3) is 0 Å². The van der Waals surface area contributed by atoms with Crippen molar-refractivity contribution >= 4 is 15.6 Å². The molecule has 104 valence electrons. The van der Waals surface area contributed by atoms with Crippen LogP contribution < -0.4 is 0 Å². The summed E-state index contributed by atoms with van der Waals surface area (Å²) in [5.41, 5.74) is -0.0755. The minimum Gasteiger partial charge on any atom is -0.507 e. The van der Waals surface area contributed by atoms with Crippen molar-refractivity contribution in [1.82, 2.24) is 4.90 Å². The maximum Gasteiger partial charge on any atom is 0.180 e. The Labute approximate surface area is 110 Å². The van der Waals surface area contributed by atoms with E-state index in [9.17, 15) is 22.7 Å². The summed E-state index contributed by atoms with van der Waals surface area (Å²) in [6.07, 6.45) is 0. The number of benzene rings is 1. The van der Waals surface area contributed by atoms with Crippen LogP contribution in [0.3, 0.4) is 0 Å². The van der Waals surface area contributed by atoms with E-state index in [1.807, 2.05) is 0 Å². The maximum atomic E-state index is 13.0. The number of nitrogens with zero attached hydrogens (tertiary/aromatic N) is 1. The van der Waals surface area contributed by atoms with Gasteiger partial charge in [-0.2, -0.15) is 0 Å². The van der Waals surface area contributed by atoms with Crippen molar-refractivity contribution in [3.63, 3.8) is 0 Å². The SMILES string of the molecule is O=C(CN1CCS(=O)(=O)CC1)c1cc(F)ccc1O. The van der Waals surface area contributed by atoms with Crippen LogP contribution in [0, 0.1) is 5.82 Å². The van der Waals surface area contributed by atoms with Gasteiger partial charge in [0.2, 0.25) is 0 Å². The molecule has 0 unspecified atom stereocenters. The summed E-state index contributed by atoms with van der Waals surface area (Å²) in [6, 6.07) is 3.18. The van der Waals surface area contributed by atoms with Crippen LogP contribution in [0.5, 0.6) is 5.75 Å². The van der Waals surface area contributed by atoms with Crippen molar-refractivity contribution < 1.29 is 22.7 Å². The molecule has 5 nitrogen and oxygen atoms in total. The number of Topliss-reactive ketones (excluding diaryl/α,β-unsaturated/α-hetero) is 1. The van der Waals surface area contributed by atoms with Gasteiger partial charge in [-0.05, 0) is 18.2 Å². The molecular weight excluding hydrogens is 273 g/mol. The molecule has 1 aliphatic heterocycles.